The molecule has 2 atom stereocenters. The normalized spacial score (nSPS) is 19.5. The van der Waals surface area contributed by atoms with Crippen LogP contribution in [0.15, 0.2) is 42.5 Å². The lowest BCUT2D eigenvalue weighted by Crippen LogP contribution is -2.30. The van der Waals surface area contributed by atoms with E-state index in [1.807, 2.05) is 6.07 Å². The van der Waals surface area contributed by atoms with Crippen molar-refractivity contribution in [2.75, 3.05) is 32.2 Å². The van der Waals surface area contributed by atoms with Crippen LogP contribution in [-0.4, -0.2) is 49.8 Å². The Bertz CT molecular complexity index is 1320. The average molecular weight is 508 g/mol. The Labute approximate surface area is 212 Å². The first-order valence-corrected chi connectivity index (χ1v) is 11.8. The smallest absolute Gasteiger partial charge is 0.327 e. The monoisotopic (exact) mass is 507 g/mol. The highest BCUT2D eigenvalue weighted by atomic mass is 19.1. The Hall–Kier alpha value is -4.23. The first-order valence-electron chi connectivity index (χ1n) is 11.8. The molecule has 9 nitrogen and oxygen atoms in total. The van der Waals surface area contributed by atoms with E-state index in [2.05, 4.69) is 10.6 Å². The van der Waals surface area contributed by atoms with Gasteiger partial charge in [0, 0.05) is 48.4 Å². The fourth-order valence-corrected chi connectivity index (χ4v) is 4.75. The van der Waals surface area contributed by atoms with E-state index in [1.165, 1.54) is 25.3 Å². The zero-order valence-electron chi connectivity index (χ0n) is 20.2. The molecule has 0 saturated heterocycles. The van der Waals surface area contributed by atoms with Crippen molar-refractivity contribution in [1.82, 2.24) is 5.32 Å². The van der Waals surface area contributed by atoms with Crippen molar-refractivity contribution in [1.29, 1.82) is 5.26 Å². The fourth-order valence-electron chi connectivity index (χ4n) is 4.75. The molecule has 1 saturated carbocycles. The molecule has 0 unspecified atom stereocenters. The SMILES string of the molecule is COCCNC(=O)c1cc2c(cc1F)OCC[C@]21C[C@H]1C(=O)Nc1cc(C#N)ccc1CC=CC(=O)O. The van der Waals surface area contributed by atoms with Crippen LogP contribution in [0.2, 0.25) is 0 Å². The van der Waals surface area contributed by atoms with Crippen LogP contribution >= 0.6 is 0 Å². The first-order chi connectivity index (χ1) is 17.8. The maximum absolute atomic E-state index is 14.7. The molecule has 1 aliphatic carbocycles. The molecule has 0 radical (unpaired) electrons. The van der Waals surface area contributed by atoms with Gasteiger partial charge in [0.05, 0.1) is 30.4 Å². The highest BCUT2D eigenvalue weighted by Crippen LogP contribution is 2.61. The standard InChI is InChI=1S/C27H26FN3O6/c1-36-10-8-30-25(34)18-12-19-23(13-21(18)28)37-9-7-27(19)14-20(27)26(35)31-22-11-16(15-29)5-6-17(22)3-2-4-24(32)33/h2,4-6,11-13,20H,3,7-10,14H2,1H3,(H,30,34)(H,31,35)(H,32,33)/t20-,27-/m0/s1. The van der Waals surface area contributed by atoms with Crippen LogP contribution in [-0.2, 0) is 26.2 Å². The van der Waals surface area contributed by atoms with E-state index in [9.17, 15) is 24.0 Å². The molecule has 1 spiro atoms. The second-order valence-corrected chi connectivity index (χ2v) is 9.01. The minimum absolute atomic E-state index is 0.125. The lowest BCUT2D eigenvalue weighted by molar-refractivity contribution is -0.131. The number of rotatable bonds is 9. The number of aliphatic carboxylic acids is 1. The average Bonchev–Trinajstić information content (AvgIpc) is 3.59. The molecular weight excluding hydrogens is 481 g/mol. The summed E-state index contributed by atoms with van der Waals surface area (Å²) in [4.78, 5) is 36.7. The van der Waals surface area contributed by atoms with Crippen molar-refractivity contribution in [3.05, 3.63) is 70.6 Å². The van der Waals surface area contributed by atoms with Crippen molar-refractivity contribution in [3.63, 3.8) is 0 Å². The van der Waals surface area contributed by atoms with Gasteiger partial charge in [-0.25, -0.2) is 9.18 Å². The van der Waals surface area contributed by atoms with E-state index in [-0.39, 0.29) is 31.0 Å². The molecule has 37 heavy (non-hydrogen) atoms. The summed E-state index contributed by atoms with van der Waals surface area (Å²) in [6.45, 7) is 0.823. The summed E-state index contributed by atoms with van der Waals surface area (Å²) in [6, 6.07) is 9.52. The van der Waals surface area contributed by atoms with Gasteiger partial charge in [0.25, 0.3) is 5.91 Å². The Morgan fingerprint density at radius 2 is 2.14 bits per heavy atom. The number of ether oxygens (including phenoxy) is 2. The van der Waals surface area contributed by atoms with Gasteiger partial charge in [0.2, 0.25) is 5.91 Å². The minimum Gasteiger partial charge on any atom is -0.493 e. The number of fused-ring (bicyclic) bond motifs is 2. The van der Waals surface area contributed by atoms with Gasteiger partial charge < -0.3 is 25.2 Å². The number of carboxylic acid groups (broad SMARTS) is 1. The van der Waals surface area contributed by atoms with Crippen LogP contribution in [0.4, 0.5) is 10.1 Å². The molecule has 10 heteroatoms. The van der Waals surface area contributed by atoms with Gasteiger partial charge in [-0.3, -0.25) is 9.59 Å². The van der Waals surface area contributed by atoms with Crippen molar-refractivity contribution in [3.8, 4) is 11.8 Å². The lowest BCUT2D eigenvalue weighted by Gasteiger charge is -2.27. The molecule has 192 valence electrons. The molecule has 2 amide bonds. The minimum atomic E-state index is -1.08. The van der Waals surface area contributed by atoms with E-state index in [4.69, 9.17) is 14.6 Å². The summed E-state index contributed by atoms with van der Waals surface area (Å²) in [5, 5.41) is 23.6. The molecule has 4 rings (SSSR count). The predicted molar refractivity (Wildman–Crippen MR) is 131 cm³/mol. The number of carboxylic acids is 1. The number of benzene rings is 2. The molecule has 0 bridgehead atoms. The summed E-state index contributed by atoms with van der Waals surface area (Å²) in [6.07, 6.45) is 3.75. The third-order valence-electron chi connectivity index (χ3n) is 6.73. The molecule has 1 fully saturated rings. The predicted octanol–water partition coefficient (Wildman–Crippen LogP) is 2.94. The summed E-state index contributed by atoms with van der Waals surface area (Å²) in [5.74, 6) is -2.77. The first kappa shape index (κ1) is 25.9. The van der Waals surface area contributed by atoms with E-state index in [1.54, 1.807) is 18.2 Å². The Morgan fingerprint density at radius 1 is 1.32 bits per heavy atom. The van der Waals surface area contributed by atoms with Crippen molar-refractivity contribution < 1.29 is 33.4 Å². The fraction of sp³-hybridized carbons (Fsp3) is 0.333. The Kier molecular flexibility index (Phi) is 7.55. The topological polar surface area (TPSA) is 138 Å². The molecule has 2 aromatic rings. The van der Waals surface area contributed by atoms with E-state index in [0.29, 0.717) is 47.6 Å². The third kappa shape index (κ3) is 5.47. The number of amides is 2. The van der Waals surface area contributed by atoms with Crippen LogP contribution in [0.5, 0.6) is 5.75 Å². The second kappa shape index (κ2) is 10.8. The van der Waals surface area contributed by atoms with Crippen molar-refractivity contribution in [2.45, 2.75) is 24.7 Å². The maximum atomic E-state index is 14.7. The summed E-state index contributed by atoms with van der Waals surface area (Å²) in [5.41, 5.74) is 1.33. The van der Waals surface area contributed by atoms with Crippen LogP contribution in [0, 0.1) is 23.1 Å². The number of anilines is 1. The van der Waals surface area contributed by atoms with Gasteiger partial charge in [-0.1, -0.05) is 12.1 Å². The third-order valence-corrected chi connectivity index (χ3v) is 6.73. The summed E-state index contributed by atoms with van der Waals surface area (Å²) < 4.78 is 25.3. The van der Waals surface area contributed by atoms with E-state index >= 15 is 0 Å². The summed E-state index contributed by atoms with van der Waals surface area (Å²) in [7, 11) is 1.50. The molecule has 1 aliphatic heterocycles. The van der Waals surface area contributed by atoms with E-state index < -0.39 is 29.0 Å². The number of carbonyl (C=O) groups excluding carboxylic acids is 2. The van der Waals surface area contributed by atoms with Crippen molar-refractivity contribution >= 4 is 23.5 Å². The Morgan fingerprint density at radius 3 is 2.86 bits per heavy atom. The number of nitrogens with zero attached hydrogens (tertiary/aromatic N) is 1. The van der Waals surface area contributed by atoms with Gasteiger partial charge in [-0.2, -0.15) is 5.26 Å². The zero-order chi connectivity index (χ0) is 26.6. The largest absolute Gasteiger partial charge is 0.493 e. The number of hydrogen-bond acceptors (Lipinski definition) is 6. The number of methoxy groups -OCH3 is 1. The van der Waals surface area contributed by atoms with Crippen LogP contribution < -0.4 is 15.4 Å². The van der Waals surface area contributed by atoms with Gasteiger partial charge in [-0.05, 0) is 43.0 Å². The number of nitriles is 1. The van der Waals surface area contributed by atoms with Gasteiger partial charge >= 0.3 is 5.97 Å². The number of halogens is 1. The summed E-state index contributed by atoms with van der Waals surface area (Å²) >= 11 is 0. The van der Waals surface area contributed by atoms with Crippen LogP contribution in [0.25, 0.3) is 0 Å². The van der Waals surface area contributed by atoms with Crippen LogP contribution in [0.3, 0.4) is 0 Å². The van der Waals surface area contributed by atoms with Gasteiger partial charge in [-0.15, -0.1) is 0 Å². The van der Waals surface area contributed by atoms with Gasteiger partial charge in [0.15, 0.2) is 0 Å². The lowest BCUT2D eigenvalue weighted by atomic mass is 9.86. The molecule has 2 aliphatic rings. The Balaban J connectivity index is 1.57. The van der Waals surface area contributed by atoms with Crippen LogP contribution in [0.1, 0.15) is 39.9 Å². The molecule has 0 aromatic heterocycles. The molecule has 1 heterocycles. The van der Waals surface area contributed by atoms with Crippen molar-refractivity contribution in [2.24, 2.45) is 5.92 Å². The highest BCUT2D eigenvalue weighted by Gasteiger charge is 2.61. The highest BCUT2D eigenvalue weighted by molar-refractivity contribution is 5.98. The molecule has 3 N–H and O–H groups in total. The zero-order valence-corrected chi connectivity index (χ0v) is 20.2. The maximum Gasteiger partial charge on any atom is 0.327 e. The van der Waals surface area contributed by atoms with Gasteiger partial charge in [0.1, 0.15) is 11.6 Å². The number of hydrogen-bond donors (Lipinski definition) is 3. The number of carbonyl (C=O) groups is 3. The number of nitrogens with one attached hydrogen (secondary N) is 2. The molecular formula is C27H26FN3O6. The molecule has 2 aromatic carbocycles. The second-order valence-electron chi connectivity index (χ2n) is 9.01. The number of allylic oxidation sites excluding steroid dienone is 1. The van der Waals surface area contributed by atoms with E-state index in [0.717, 1.165) is 6.08 Å². The quantitative estimate of drug-likeness (QED) is 0.350.